The standard InChI is InChI=1S/C15H10F6O2/c16-14(17,18)13(15(19,20)21)9-5-3-7-11(23)12(9)8-4-1-2-6-10(8)22/h1-4,6-7,12,22H,5H2. The van der Waals surface area contributed by atoms with E-state index in [4.69, 9.17) is 0 Å². The summed E-state index contributed by atoms with van der Waals surface area (Å²) in [6.07, 6.45) is -10.1. The number of ketones is 1. The number of rotatable bonds is 1. The summed E-state index contributed by atoms with van der Waals surface area (Å²) in [7, 11) is 0. The molecule has 23 heavy (non-hydrogen) atoms. The van der Waals surface area contributed by atoms with Crippen molar-refractivity contribution in [1.82, 2.24) is 0 Å². The summed E-state index contributed by atoms with van der Waals surface area (Å²) in [5, 5.41) is 9.72. The number of phenols is 1. The zero-order chi connectivity index (χ0) is 17.4. The maximum absolute atomic E-state index is 12.9. The number of allylic oxidation sites excluding steroid dienone is 4. The summed E-state index contributed by atoms with van der Waals surface area (Å²) in [5.74, 6) is -3.31. The highest BCUT2D eigenvalue weighted by Crippen LogP contribution is 2.47. The lowest BCUT2D eigenvalue weighted by Crippen LogP contribution is -2.31. The summed E-state index contributed by atoms with van der Waals surface area (Å²) >= 11 is 0. The molecule has 0 fully saturated rings. The predicted molar refractivity (Wildman–Crippen MR) is 68.7 cm³/mol. The van der Waals surface area contributed by atoms with E-state index in [0.717, 1.165) is 24.3 Å². The van der Waals surface area contributed by atoms with E-state index in [2.05, 4.69) is 0 Å². The molecule has 8 heteroatoms. The molecular weight excluding hydrogens is 326 g/mol. The van der Waals surface area contributed by atoms with Crippen molar-refractivity contribution < 1.29 is 36.2 Å². The number of carbonyl (C=O) groups is 1. The highest BCUT2D eigenvalue weighted by Gasteiger charge is 2.54. The molecule has 0 saturated carbocycles. The summed E-state index contributed by atoms with van der Waals surface area (Å²) in [6, 6.07) is 4.89. The van der Waals surface area contributed by atoms with Gasteiger partial charge in [0.05, 0.1) is 5.92 Å². The number of carbonyl (C=O) groups excluding carboxylic acids is 1. The van der Waals surface area contributed by atoms with Gasteiger partial charge in [-0.05, 0) is 24.1 Å². The van der Waals surface area contributed by atoms with E-state index in [1.807, 2.05) is 0 Å². The Bertz CT molecular complexity index is 666. The Hall–Kier alpha value is -2.25. The first-order valence-electron chi connectivity index (χ1n) is 6.39. The molecule has 1 atom stereocenters. The van der Waals surface area contributed by atoms with E-state index < -0.39 is 47.4 Å². The van der Waals surface area contributed by atoms with Crippen molar-refractivity contribution in [3.8, 4) is 5.75 Å². The third-order valence-electron chi connectivity index (χ3n) is 3.39. The maximum atomic E-state index is 12.9. The van der Waals surface area contributed by atoms with Crippen LogP contribution in [0.25, 0.3) is 0 Å². The van der Waals surface area contributed by atoms with Crippen LogP contribution in [0.3, 0.4) is 0 Å². The molecule has 0 saturated heterocycles. The Morgan fingerprint density at radius 1 is 1.04 bits per heavy atom. The van der Waals surface area contributed by atoms with Gasteiger partial charge in [0.2, 0.25) is 0 Å². The van der Waals surface area contributed by atoms with Crippen molar-refractivity contribution in [2.45, 2.75) is 24.7 Å². The molecule has 0 amide bonds. The second kappa shape index (κ2) is 5.75. The lowest BCUT2D eigenvalue weighted by atomic mass is 9.79. The van der Waals surface area contributed by atoms with Gasteiger partial charge in [0.1, 0.15) is 11.3 Å². The van der Waals surface area contributed by atoms with Crippen LogP contribution in [0.4, 0.5) is 26.3 Å². The Balaban J connectivity index is 2.76. The quantitative estimate of drug-likeness (QED) is 0.609. The minimum absolute atomic E-state index is 0.289. The molecule has 0 spiro atoms. The van der Waals surface area contributed by atoms with Crippen molar-refractivity contribution in [2.24, 2.45) is 0 Å². The molecule has 0 heterocycles. The van der Waals surface area contributed by atoms with Gasteiger partial charge in [-0.25, -0.2) is 0 Å². The van der Waals surface area contributed by atoms with Crippen molar-refractivity contribution in [3.05, 3.63) is 53.1 Å². The second-order valence-electron chi connectivity index (χ2n) is 4.90. The van der Waals surface area contributed by atoms with Gasteiger partial charge in [-0.15, -0.1) is 0 Å². The van der Waals surface area contributed by atoms with Crippen LogP contribution in [0.5, 0.6) is 5.75 Å². The smallest absolute Gasteiger partial charge is 0.421 e. The fourth-order valence-corrected chi connectivity index (χ4v) is 2.53. The highest BCUT2D eigenvalue weighted by molar-refractivity contribution is 5.99. The van der Waals surface area contributed by atoms with Crippen molar-refractivity contribution in [1.29, 1.82) is 0 Å². The minimum Gasteiger partial charge on any atom is -0.508 e. The molecule has 1 N–H and O–H groups in total. The van der Waals surface area contributed by atoms with Gasteiger partial charge in [-0.1, -0.05) is 24.3 Å². The van der Waals surface area contributed by atoms with Crippen LogP contribution in [0.1, 0.15) is 17.9 Å². The van der Waals surface area contributed by atoms with Crippen LogP contribution in [0.2, 0.25) is 0 Å². The number of halogens is 6. The van der Waals surface area contributed by atoms with Crippen LogP contribution < -0.4 is 0 Å². The molecule has 0 aliphatic heterocycles. The molecular formula is C15H10F6O2. The van der Waals surface area contributed by atoms with Crippen LogP contribution >= 0.6 is 0 Å². The SMILES string of the molecule is O=C1C=CCC(=C(C(F)(F)F)C(F)(F)F)C1c1ccccc1O. The largest absolute Gasteiger partial charge is 0.508 e. The highest BCUT2D eigenvalue weighted by atomic mass is 19.4. The van der Waals surface area contributed by atoms with Crippen LogP contribution in [-0.4, -0.2) is 23.2 Å². The Labute approximate surface area is 126 Å². The van der Waals surface area contributed by atoms with Crippen molar-refractivity contribution in [3.63, 3.8) is 0 Å². The average molecular weight is 336 g/mol. The molecule has 0 aromatic heterocycles. The molecule has 124 valence electrons. The molecule has 1 aromatic rings. The molecule has 0 bridgehead atoms. The van der Waals surface area contributed by atoms with Gasteiger partial charge in [-0.3, -0.25) is 4.79 Å². The van der Waals surface area contributed by atoms with Gasteiger partial charge in [0, 0.05) is 5.56 Å². The van der Waals surface area contributed by atoms with Crippen LogP contribution in [0, 0.1) is 0 Å². The maximum Gasteiger partial charge on any atom is 0.421 e. The zero-order valence-corrected chi connectivity index (χ0v) is 11.4. The topological polar surface area (TPSA) is 37.3 Å². The van der Waals surface area contributed by atoms with Gasteiger partial charge in [0.25, 0.3) is 0 Å². The number of aromatic hydroxyl groups is 1. The van der Waals surface area contributed by atoms with Gasteiger partial charge in [-0.2, -0.15) is 26.3 Å². The fourth-order valence-electron chi connectivity index (χ4n) is 2.53. The zero-order valence-electron chi connectivity index (χ0n) is 11.4. The number of phenolic OH excluding ortho intramolecular Hbond substituents is 1. The average Bonchev–Trinajstić information content (AvgIpc) is 2.37. The van der Waals surface area contributed by atoms with Crippen molar-refractivity contribution in [2.75, 3.05) is 0 Å². The summed E-state index contributed by atoms with van der Waals surface area (Å²) in [4.78, 5) is 11.9. The summed E-state index contributed by atoms with van der Waals surface area (Å²) in [5.41, 5.74) is -4.10. The first-order chi connectivity index (χ1) is 10.5. The molecule has 0 radical (unpaired) electrons. The Kier molecular flexibility index (Phi) is 4.28. The first-order valence-corrected chi connectivity index (χ1v) is 6.39. The lowest BCUT2D eigenvalue weighted by molar-refractivity contribution is -0.173. The summed E-state index contributed by atoms with van der Waals surface area (Å²) < 4.78 is 77.6. The second-order valence-corrected chi connectivity index (χ2v) is 4.90. The number of benzene rings is 1. The molecule has 1 unspecified atom stereocenters. The normalized spacial score (nSPS) is 19.1. The Morgan fingerprint density at radius 2 is 1.61 bits per heavy atom. The van der Waals surface area contributed by atoms with E-state index in [9.17, 15) is 36.2 Å². The molecule has 1 aliphatic carbocycles. The monoisotopic (exact) mass is 336 g/mol. The van der Waals surface area contributed by atoms with E-state index in [0.29, 0.717) is 0 Å². The third-order valence-corrected chi connectivity index (χ3v) is 3.39. The van der Waals surface area contributed by atoms with E-state index in [-0.39, 0.29) is 5.56 Å². The fraction of sp³-hybridized carbons (Fsp3) is 0.267. The van der Waals surface area contributed by atoms with Crippen molar-refractivity contribution >= 4 is 5.78 Å². The van der Waals surface area contributed by atoms with Gasteiger partial charge in [0.15, 0.2) is 5.78 Å². The molecule has 2 nitrogen and oxygen atoms in total. The van der Waals surface area contributed by atoms with Crippen LogP contribution in [-0.2, 0) is 4.79 Å². The van der Waals surface area contributed by atoms with Gasteiger partial charge < -0.3 is 5.11 Å². The van der Waals surface area contributed by atoms with E-state index in [1.54, 1.807) is 0 Å². The number of hydrogen-bond acceptors (Lipinski definition) is 2. The molecule has 1 aromatic carbocycles. The third kappa shape index (κ3) is 3.40. The molecule has 1 aliphatic rings. The Morgan fingerprint density at radius 3 is 2.13 bits per heavy atom. The molecule has 2 rings (SSSR count). The van der Waals surface area contributed by atoms with E-state index in [1.165, 1.54) is 12.1 Å². The number of para-hydroxylation sites is 1. The first kappa shape index (κ1) is 17.1. The van der Waals surface area contributed by atoms with Crippen LogP contribution in [0.15, 0.2) is 47.6 Å². The van der Waals surface area contributed by atoms with Gasteiger partial charge >= 0.3 is 12.4 Å². The number of hydrogen-bond donors (Lipinski definition) is 1. The predicted octanol–water partition coefficient (Wildman–Crippen LogP) is 4.43. The lowest BCUT2D eigenvalue weighted by Gasteiger charge is -2.27. The number of alkyl halides is 6. The van der Waals surface area contributed by atoms with E-state index >= 15 is 0 Å². The minimum atomic E-state index is -5.66. The summed E-state index contributed by atoms with van der Waals surface area (Å²) in [6.45, 7) is 0.